The molecule has 1 atom stereocenters. The van der Waals surface area contributed by atoms with Gasteiger partial charge < -0.3 is 14.8 Å². The fourth-order valence-corrected chi connectivity index (χ4v) is 1.98. The summed E-state index contributed by atoms with van der Waals surface area (Å²) in [4.78, 5) is 0. The van der Waals surface area contributed by atoms with Crippen LogP contribution in [0.4, 0.5) is 0 Å². The zero-order chi connectivity index (χ0) is 15.9. The second-order valence-corrected chi connectivity index (χ2v) is 6.96. The largest absolute Gasteiger partial charge is 0.491 e. The third-order valence-electron chi connectivity index (χ3n) is 3.28. The van der Waals surface area contributed by atoms with Crippen LogP contribution in [0.3, 0.4) is 0 Å². The maximum atomic E-state index is 5.82. The summed E-state index contributed by atoms with van der Waals surface area (Å²) in [6.45, 7) is 12.3. The molecule has 120 valence electrons. The van der Waals surface area contributed by atoms with Gasteiger partial charge in [-0.05, 0) is 50.4 Å². The minimum Gasteiger partial charge on any atom is -0.491 e. The zero-order valence-electron chi connectivity index (χ0n) is 14.4. The lowest BCUT2D eigenvalue weighted by Gasteiger charge is -2.21. The molecule has 0 aliphatic rings. The van der Waals surface area contributed by atoms with Gasteiger partial charge in [0.25, 0.3) is 0 Å². The molecule has 3 heteroatoms. The Kier molecular flexibility index (Phi) is 7.20. The predicted molar refractivity (Wildman–Crippen MR) is 88.9 cm³/mol. The van der Waals surface area contributed by atoms with Crippen molar-refractivity contribution in [1.82, 2.24) is 5.32 Å². The minimum atomic E-state index is 0.205. The predicted octanol–water partition coefficient (Wildman–Crippen LogP) is 4.19. The van der Waals surface area contributed by atoms with Crippen molar-refractivity contribution in [1.29, 1.82) is 0 Å². The van der Waals surface area contributed by atoms with E-state index in [1.165, 1.54) is 5.56 Å². The molecule has 0 aliphatic heterocycles. The molecule has 0 radical (unpaired) electrons. The van der Waals surface area contributed by atoms with E-state index >= 15 is 0 Å². The normalized spacial score (nSPS) is 13.5. The molecular formula is C18H31NO2. The summed E-state index contributed by atoms with van der Waals surface area (Å²) in [6.07, 6.45) is 1.28. The van der Waals surface area contributed by atoms with Crippen LogP contribution in [0.2, 0.25) is 0 Å². The highest BCUT2D eigenvalue weighted by molar-refractivity contribution is 5.29. The molecule has 1 aromatic rings. The molecule has 3 nitrogen and oxygen atoms in total. The fraction of sp³-hybridized carbons (Fsp3) is 0.667. The lowest BCUT2D eigenvalue weighted by molar-refractivity contribution is 0.0914. The molecule has 0 aromatic heterocycles. The number of likely N-dealkylation sites (N-methyl/N-ethyl adjacent to an activating group) is 1. The van der Waals surface area contributed by atoms with E-state index in [0.29, 0.717) is 12.0 Å². The van der Waals surface area contributed by atoms with E-state index in [4.69, 9.17) is 9.47 Å². The summed E-state index contributed by atoms with van der Waals surface area (Å²) in [7, 11) is 1.97. The van der Waals surface area contributed by atoms with E-state index in [0.717, 1.165) is 18.8 Å². The highest BCUT2D eigenvalue weighted by Crippen LogP contribution is 2.21. The summed E-state index contributed by atoms with van der Waals surface area (Å²) in [5.41, 5.74) is 1.55. The van der Waals surface area contributed by atoms with Crippen molar-refractivity contribution >= 4 is 0 Å². The van der Waals surface area contributed by atoms with Gasteiger partial charge in [-0.15, -0.1) is 0 Å². The molecule has 21 heavy (non-hydrogen) atoms. The fourth-order valence-electron chi connectivity index (χ4n) is 1.98. The summed E-state index contributed by atoms with van der Waals surface area (Å²) >= 11 is 0. The first-order chi connectivity index (χ1) is 9.81. The zero-order valence-corrected chi connectivity index (χ0v) is 14.4. The van der Waals surface area contributed by atoms with Gasteiger partial charge >= 0.3 is 0 Å². The lowest BCUT2D eigenvalue weighted by atomic mass is 9.93. The third kappa shape index (κ3) is 7.49. The summed E-state index contributed by atoms with van der Waals surface area (Å²) < 4.78 is 11.5. The van der Waals surface area contributed by atoms with Gasteiger partial charge in [0, 0.05) is 6.61 Å². The first-order valence-electron chi connectivity index (χ1n) is 7.83. The molecule has 0 heterocycles. The molecule has 1 N–H and O–H groups in total. The van der Waals surface area contributed by atoms with Gasteiger partial charge in [-0.2, -0.15) is 0 Å². The highest BCUT2D eigenvalue weighted by atomic mass is 16.5. The molecule has 0 saturated carbocycles. The maximum absolute atomic E-state index is 5.82. The third-order valence-corrected chi connectivity index (χ3v) is 3.28. The molecule has 0 fully saturated rings. The van der Waals surface area contributed by atoms with E-state index in [1.807, 2.05) is 33.0 Å². The summed E-state index contributed by atoms with van der Waals surface area (Å²) in [5.74, 6) is 0.914. The molecule has 1 aromatic carbocycles. The number of ether oxygens (including phenoxy) is 2. The van der Waals surface area contributed by atoms with Crippen LogP contribution in [0.5, 0.6) is 5.75 Å². The van der Waals surface area contributed by atoms with Crippen molar-refractivity contribution in [2.75, 3.05) is 20.3 Å². The van der Waals surface area contributed by atoms with Crippen molar-refractivity contribution in [3.63, 3.8) is 0 Å². The Labute approximate surface area is 130 Å². The Bertz CT molecular complexity index is 393. The Morgan fingerprint density at radius 3 is 2.19 bits per heavy atom. The number of rotatable bonds is 8. The minimum absolute atomic E-state index is 0.205. The number of benzene rings is 1. The highest BCUT2D eigenvalue weighted by Gasteiger charge is 2.12. The summed E-state index contributed by atoms with van der Waals surface area (Å²) in [6, 6.07) is 8.47. The Hall–Kier alpha value is -1.06. The van der Waals surface area contributed by atoms with Gasteiger partial charge in [-0.3, -0.25) is 0 Å². The second kappa shape index (κ2) is 8.40. The standard InChI is InChI=1S/C18H31NO2/c1-14(2)21-16-9-7-15(8-10-16)17(19-6)13-20-12-11-18(3,4)5/h7-10,14,17,19H,11-13H2,1-6H3. The van der Waals surface area contributed by atoms with Gasteiger partial charge in [0.1, 0.15) is 5.75 Å². The van der Waals surface area contributed by atoms with E-state index < -0.39 is 0 Å². The van der Waals surface area contributed by atoms with Crippen LogP contribution in [0.15, 0.2) is 24.3 Å². The molecule has 0 aliphatic carbocycles. The quantitative estimate of drug-likeness (QED) is 0.729. The number of hydrogen-bond acceptors (Lipinski definition) is 3. The molecule has 0 bridgehead atoms. The van der Waals surface area contributed by atoms with Crippen molar-refractivity contribution in [3.05, 3.63) is 29.8 Å². The first-order valence-corrected chi connectivity index (χ1v) is 7.83. The SMILES string of the molecule is CNC(COCCC(C)(C)C)c1ccc(OC(C)C)cc1. The van der Waals surface area contributed by atoms with Crippen LogP contribution in [0, 0.1) is 5.41 Å². The van der Waals surface area contributed by atoms with Gasteiger partial charge in [0.15, 0.2) is 0 Å². The second-order valence-electron chi connectivity index (χ2n) is 6.96. The van der Waals surface area contributed by atoms with E-state index in [1.54, 1.807) is 0 Å². The van der Waals surface area contributed by atoms with E-state index in [-0.39, 0.29) is 12.1 Å². The van der Waals surface area contributed by atoms with Crippen molar-refractivity contribution in [2.45, 2.75) is 53.2 Å². The van der Waals surface area contributed by atoms with Gasteiger partial charge in [0.05, 0.1) is 18.8 Å². The smallest absolute Gasteiger partial charge is 0.119 e. The maximum Gasteiger partial charge on any atom is 0.119 e. The van der Waals surface area contributed by atoms with Crippen LogP contribution < -0.4 is 10.1 Å². The topological polar surface area (TPSA) is 30.5 Å². The van der Waals surface area contributed by atoms with Crippen LogP contribution in [0.25, 0.3) is 0 Å². The molecule has 1 unspecified atom stereocenters. The Morgan fingerprint density at radius 2 is 1.71 bits per heavy atom. The Morgan fingerprint density at radius 1 is 1.10 bits per heavy atom. The van der Waals surface area contributed by atoms with E-state index in [9.17, 15) is 0 Å². The van der Waals surface area contributed by atoms with Crippen LogP contribution in [-0.4, -0.2) is 26.4 Å². The number of nitrogens with one attached hydrogen (secondary N) is 1. The summed E-state index contributed by atoms with van der Waals surface area (Å²) in [5, 5.41) is 3.31. The molecule has 1 rings (SSSR count). The Balaban J connectivity index is 2.48. The number of hydrogen-bond donors (Lipinski definition) is 1. The first kappa shape index (κ1) is 18.0. The van der Waals surface area contributed by atoms with Gasteiger partial charge in [-0.1, -0.05) is 32.9 Å². The van der Waals surface area contributed by atoms with Gasteiger partial charge in [0.2, 0.25) is 0 Å². The van der Waals surface area contributed by atoms with E-state index in [2.05, 4.69) is 38.2 Å². The van der Waals surface area contributed by atoms with Crippen LogP contribution in [0.1, 0.15) is 52.6 Å². The molecule has 0 saturated heterocycles. The van der Waals surface area contributed by atoms with Crippen LogP contribution >= 0.6 is 0 Å². The average molecular weight is 293 g/mol. The van der Waals surface area contributed by atoms with Crippen molar-refractivity contribution < 1.29 is 9.47 Å². The van der Waals surface area contributed by atoms with Gasteiger partial charge in [-0.25, -0.2) is 0 Å². The monoisotopic (exact) mass is 293 g/mol. The average Bonchev–Trinajstić information content (AvgIpc) is 2.38. The molecular weight excluding hydrogens is 262 g/mol. The molecule has 0 spiro atoms. The van der Waals surface area contributed by atoms with Crippen molar-refractivity contribution in [2.24, 2.45) is 5.41 Å². The van der Waals surface area contributed by atoms with Crippen LogP contribution in [-0.2, 0) is 4.74 Å². The lowest BCUT2D eigenvalue weighted by Crippen LogP contribution is -2.22. The van der Waals surface area contributed by atoms with Crippen molar-refractivity contribution in [3.8, 4) is 5.75 Å². The molecule has 0 amide bonds.